The van der Waals surface area contributed by atoms with Crippen molar-refractivity contribution in [1.29, 1.82) is 0 Å². The van der Waals surface area contributed by atoms with E-state index in [1.807, 2.05) is 11.0 Å². The van der Waals surface area contributed by atoms with Crippen molar-refractivity contribution >= 4 is 11.9 Å². The van der Waals surface area contributed by atoms with Gasteiger partial charge >= 0.3 is 5.97 Å². The molecule has 5 heteroatoms. The van der Waals surface area contributed by atoms with Crippen LogP contribution in [0.25, 0.3) is 0 Å². The van der Waals surface area contributed by atoms with Crippen LogP contribution in [0.1, 0.15) is 48.5 Å². The highest BCUT2D eigenvalue weighted by molar-refractivity contribution is 5.89. The molecule has 23 heavy (non-hydrogen) atoms. The largest absolute Gasteiger partial charge is 0.478 e. The Hall–Kier alpha value is -1.88. The van der Waals surface area contributed by atoms with Crippen molar-refractivity contribution in [2.24, 2.45) is 0 Å². The van der Waals surface area contributed by atoms with Gasteiger partial charge in [-0.2, -0.15) is 0 Å². The summed E-state index contributed by atoms with van der Waals surface area (Å²) in [5, 5.41) is 9.19. The third-order valence-corrected chi connectivity index (χ3v) is 4.75. The maximum atomic E-state index is 12.4. The minimum absolute atomic E-state index is 0.0885. The molecule has 1 fully saturated rings. The van der Waals surface area contributed by atoms with Gasteiger partial charge in [0, 0.05) is 26.6 Å². The number of rotatable bonds is 5. The molecule has 126 valence electrons. The predicted molar refractivity (Wildman–Crippen MR) is 87.6 cm³/mol. The Morgan fingerprint density at radius 2 is 2.00 bits per heavy atom. The number of likely N-dealkylation sites (tertiary alicyclic amines) is 1. The van der Waals surface area contributed by atoms with E-state index in [2.05, 4.69) is 6.92 Å². The summed E-state index contributed by atoms with van der Waals surface area (Å²) in [5.41, 5.74) is 0.846. The zero-order valence-corrected chi connectivity index (χ0v) is 13.9. The average Bonchev–Trinajstić information content (AvgIpc) is 2.75. The smallest absolute Gasteiger partial charge is 0.335 e. The van der Waals surface area contributed by atoms with Gasteiger partial charge in [0.25, 0.3) is 0 Å². The maximum absolute atomic E-state index is 12.4. The molecule has 1 saturated heterocycles. The van der Waals surface area contributed by atoms with E-state index in [-0.39, 0.29) is 17.1 Å². The highest BCUT2D eigenvalue weighted by Crippen LogP contribution is 2.25. The van der Waals surface area contributed by atoms with Crippen LogP contribution in [0.3, 0.4) is 0 Å². The number of methoxy groups -OCH3 is 1. The lowest BCUT2D eigenvalue weighted by Crippen LogP contribution is -2.34. The second-order valence-electron chi connectivity index (χ2n) is 6.35. The molecule has 1 aliphatic rings. The molecule has 1 aromatic rings. The number of nitrogens with zero attached hydrogens (tertiary/aromatic N) is 1. The summed E-state index contributed by atoms with van der Waals surface area (Å²) in [4.78, 5) is 25.5. The first kappa shape index (κ1) is 17.5. The molecule has 1 unspecified atom stereocenters. The van der Waals surface area contributed by atoms with Crippen LogP contribution in [0.15, 0.2) is 24.3 Å². The summed E-state index contributed by atoms with van der Waals surface area (Å²) in [6.45, 7) is 3.53. The monoisotopic (exact) mass is 319 g/mol. The van der Waals surface area contributed by atoms with E-state index in [0.29, 0.717) is 24.9 Å². The molecule has 0 aromatic heterocycles. The zero-order chi connectivity index (χ0) is 16.9. The molecule has 1 heterocycles. The Balaban J connectivity index is 1.94. The molecule has 1 aliphatic heterocycles. The third-order valence-electron chi connectivity index (χ3n) is 4.75. The molecule has 0 aliphatic carbocycles. The fraction of sp³-hybridized carbons (Fsp3) is 0.556. The molecule has 0 radical (unpaired) electrons. The number of hydrogen-bond donors (Lipinski definition) is 1. The summed E-state index contributed by atoms with van der Waals surface area (Å²) >= 11 is 0. The molecule has 5 nitrogen and oxygen atoms in total. The van der Waals surface area contributed by atoms with Crippen molar-refractivity contribution in [3.63, 3.8) is 0 Å². The molecule has 1 aromatic carbocycles. The van der Waals surface area contributed by atoms with E-state index >= 15 is 0 Å². The number of carbonyl (C=O) groups is 2. The van der Waals surface area contributed by atoms with Crippen LogP contribution in [-0.2, 0) is 16.0 Å². The molecule has 2 rings (SSSR count). The number of carboxylic acid groups (broad SMARTS) is 1. The van der Waals surface area contributed by atoms with Gasteiger partial charge in [-0.25, -0.2) is 4.79 Å². The Morgan fingerprint density at radius 3 is 2.70 bits per heavy atom. The molecule has 1 atom stereocenters. The first-order valence-electron chi connectivity index (χ1n) is 8.09. The lowest BCUT2D eigenvalue weighted by molar-refractivity contribution is -0.131. The molecule has 0 spiro atoms. The van der Waals surface area contributed by atoms with Crippen molar-refractivity contribution in [2.75, 3.05) is 20.2 Å². The van der Waals surface area contributed by atoms with E-state index in [4.69, 9.17) is 4.74 Å². The lowest BCUT2D eigenvalue weighted by atomic mass is 9.97. The standard InChI is InChI=1S/C18H25NO4/c1-18(23-2)10-5-12-19(13-11-18)16(20)9-8-14-6-3-4-7-15(14)17(21)22/h3-4,6-7H,5,8-13H2,1-2H3,(H,21,22). The van der Waals surface area contributed by atoms with Gasteiger partial charge in [0.1, 0.15) is 0 Å². The summed E-state index contributed by atoms with van der Waals surface area (Å²) in [5.74, 6) is -0.857. The van der Waals surface area contributed by atoms with E-state index in [1.165, 1.54) is 0 Å². The number of carboxylic acids is 1. The van der Waals surface area contributed by atoms with Gasteiger partial charge in [0.2, 0.25) is 5.91 Å². The lowest BCUT2D eigenvalue weighted by Gasteiger charge is -2.26. The van der Waals surface area contributed by atoms with Gasteiger partial charge in [0.05, 0.1) is 11.2 Å². The molecule has 0 saturated carbocycles. The summed E-state index contributed by atoms with van der Waals surface area (Å²) in [6, 6.07) is 6.87. The fourth-order valence-corrected chi connectivity index (χ4v) is 3.05. The summed E-state index contributed by atoms with van der Waals surface area (Å²) in [7, 11) is 1.72. The number of amides is 1. The van der Waals surface area contributed by atoms with E-state index < -0.39 is 5.97 Å². The van der Waals surface area contributed by atoms with Gasteiger partial charge in [-0.05, 0) is 44.2 Å². The third kappa shape index (κ3) is 4.55. The second kappa shape index (κ2) is 7.59. The Morgan fingerprint density at radius 1 is 1.26 bits per heavy atom. The molecular formula is C18H25NO4. The molecular weight excluding hydrogens is 294 g/mol. The maximum Gasteiger partial charge on any atom is 0.335 e. The van der Waals surface area contributed by atoms with Crippen LogP contribution in [0.2, 0.25) is 0 Å². The topological polar surface area (TPSA) is 66.8 Å². The number of aromatic carboxylic acids is 1. The normalized spacial score (nSPS) is 21.7. The van der Waals surface area contributed by atoms with Crippen molar-refractivity contribution < 1.29 is 19.4 Å². The van der Waals surface area contributed by atoms with E-state index in [1.54, 1.807) is 25.3 Å². The Kier molecular flexibility index (Phi) is 5.77. The number of carbonyl (C=O) groups excluding carboxylic acids is 1. The number of hydrogen-bond acceptors (Lipinski definition) is 3. The zero-order valence-electron chi connectivity index (χ0n) is 13.9. The minimum atomic E-state index is -0.946. The summed E-state index contributed by atoms with van der Waals surface area (Å²) in [6.07, 6.45) is 3.52. The van der Waals surface area contributed by atoms with Crippen LogP contribution < -0.4 is 0 Å². The van der Waals surface area contributed by atoms with Gasteiger partial charge < -0.3 is 14.7 Å². The van der Waals surface area contributed by atoms with Crippen LogP contribution in [0, 0.1) is 0 Å². The number of aryl methyl sites for hydroxylation is 1. The Labute approximate surface area is 137 Å². The van der Waals surface area contributed by atoms with Crippen molar-refractivity contribution in [1.82, 2.24) is 4.90 Å². The van der Waals surface area contributed by atoms with Gasteiger partial charge in [-0.3, -0.25) is 4.79 Å². The van der Waals surface area contributed by atoms with Gasteiger partial charge in [-0.15, -0.1) is 0 Å². The molecule has 1 N–H and O–H groups in total. The number of ether oxygens (including phenoxy) is 1. The fourth-order valence-electron chi connectivity index (χ4n) is 3.05. The number of benzene rings is 1. The molecule has 0 bridgehead atoms. The summed E-state index contributed by atoms with van der Waals surface area (Å²) < 4.78 is 5.55. The van der Waals surface area contributed by atoms with E-state index in [0.717, 1.165) is 25.8 Å². The van der Waals surface area contributed by atoms with Gasteiger partial charge in [0.15, 0.2) is 0 Å². The first-order valence-corrected chi connectivity index (χ1v) is 8.09. The van der Waals surface area contributed by atoms with Crippen LogP contribution in [0.5, 0.6) is 0 Å². The first-order chi connectivity index (χ1) is 10.9. The van der Waals surface area contributed by atoms with Crippen LogP contribution >= 0.6 is 0 Å². The average molecular weight is 319 g/mol. The van der Waals surface area contributed by atoms with Gasteiger partial charge in [-0.1, -0.05) is 18.2 Å². The predicted octanol–water partition coefficient (Wildman–Crippen LogP) is 2.74. The highest BCUT2D eigenvalue weighted by atomic mass is 16.5. The van der Waals surface area contributed by atoms with Crippen molar-refractivity contribution in [3.8, 4) is 0 Å². The Bertz CT molecular complexity index is 572. The SMILES string of the molecule is COC1(C)CCCN(C(=O)CCc2ccccc2C(=O)O)CC1. The van der Waals surface area contributed by atoms with Crippen molar-refractivity contribution in [2.45, 2.75) is 44.6 Å². The molecule has 1 amide bonds. The van der Waals surface area contributed by atoms with E-state index in [9.17, 15) is 14.7 Å². The van der Waals surface area contributed by atoms with Crippen molar-refractivity contribution in [3.05, 3.63) is 35.4 Å². The van der Waals surface area contributed by atoms with Crippen LogP contribution in [0.4, 0.5) is 0 Å². The quantitative estimate of drug-likeness (QED) is 0.906. The highest BCUT2D eigenvalue weighted by Gasteiger charge is 2.29. The minimum Gasteiger partial charge on any atom is -0.478 e. The second-order valence-corrected chi connectivity index (χ2v) is 6.35. The van der Waals surface area contributed by atoms with Crippen LogP contribution in [-0.4, -0.2) is 47.7 Å².